The van der Waals surface area contributed by atoms with Gasteiger partial charge in [0.1, 0.15) is 17.9 Å². The van der Waals surface area contributed by atoms with Crippen molar-refractivity contribution >= 4 is 21.9 Å². The highest BCUT2D eigenvalue weighted by atomic mass is 32.2. The average molecular weight is 497 g/mol. The van der Waals surface area contributed by atoms with Crippen LogP contribution in [0.2, 0.25) is 0 Å². The quantitative estimate of drug-likeness (QED) is 0.480. The largest absolute Gasteiger partial charge is 0.454 e. The third-order valence-electron chi connectivity index (χ3n) is 5.98. The fraction of sp³-hybridized carbons (Fsp3) is 0.320. The van der Waals surface area contributed by atoms with Crippen molar-refractivity contribution in [3.05, 3.63) is 84.4 Å². The lowest BCUT2D eigenvalue weighted by Gasteiger charge is -2.33. The molecule has 1 aromatic heterocycles. The third kappa shape index (κ3) is 5.60. The number of ether oxygens (including phenoxy) is 1. The number of aromatic nitrogens is 2. The summed E-state index contributed by atoms with van der Waals surface area (Å²) in [6.07, 6.45) is 5.11. The maximum Gasteiger partial charge on any atom is 0.324 e. The van der Waals surface area contributed by atoms with E-state index in [1.54, 1.807) is 35.2 Å². The van der Waals surface area contributed by atoms with Gasteiger partial charge in [0.25, 0.3) is 5.91 Å². The molecule has 1 fully saturated rings. The Bertz CT molecular complexity index is 1260. The van der Waals surface area contributed by atoms with E-state index in [2.05, 4.69) is 10.3 Å². The molecule has 1 amide bonds. The second kappa shape index (κ2) is 10.8. The van der Waals surface area contributed by atoms with Gasteiger partial charge < -0.3 is 14.6 Å². The molecule has 35 heavy (non-hydrogen) atoms. The Hall–Kier alpha value is -3.50. The second-order valence-electron chi connectivity index (χ2n) is 8.36. The molecule has 9 nitrogen and oxygen atoms in total. The summed E-state index contributed by atoms with van der Waals surface area (Å²) in [4.78, 5) is 30.1. The lowest BCUT2D eigenvalue weighted by Crippen LogP contribution is -2.49. The van der Waals surface area contributed by atoms with Crippen LogP contribution in [0.25, 0.3) is 0 Å². The Morgan fingerprint density at radius 1 is 1.09 bits per heavy atom. The first-order chi connectivity index (χ1) is 16.9. The predicted molar refractivity (Wildman–Crippen MR) is 129 cm³/mol. The van der Waals surface area contributed by atoms with E-state index in [1.807, 2.05) is 37.4 Å². The summed E-state index contributed by atoms with van der Waals surface area (Å²) in [7, 11) is -2.03. The molecular weight excluding hydrogens is 468 g/mol. The van der Waals surface area contributed by atoms with E-state index in [9.17, 15) is 18.0 Å². The van der Waals surface area contributed by atoms with Crippen LogP contribution in [0.1, 0.15) is 36.7 Å². The molecule has 0 radical (unpaired) electrons. The first kappa shape index (κ1) is 24.6. The number of imidazole rings is 1. The third-order valence-corrected chi connectivity index (χ3v) is 7.90. The van der Waals surface area contributed by atoms with Crippen molar-refractivity contribution < 1.29 is 22.7 Å². The van der Waals surface area contributed by atoms with E-state index < -0.39 is 40.6 Å². The standard InChI is InChI=1S/C25H28N4O5S/c1-28-17-15-26-24(28)23(19-10-4-2-5-11-19)27-22(30)18-34-25(31)21-14-8-9-16-29(21)35(32,33)20-12-6-3-7-13-20/h2-7,10-13,15,17,21,23H,8-9,14,16,18H2,1H3,(H,27,30). The maximum absolute atomic E-state index is 13.1. The molecule has 1 saturated heterocycles. The van der Waals surface area contributed by atoms with Crippen LogP contribution in [0.4, 0.5) is 0 Å². The first-order valence-electron chi connectivity index (χ1n) is 11.4. The van der Waals surface area contributed by atoms with Crippen molar-refractivity contribution in [3.8, 4) is 0 Å². The van der Waals surface area contributed by atoms with Crippen LogP contribution in [0.5, 0.6) is 0 Å². The van der Waals surface area contributed by atoms with Crippen LogP contribution in [0.15, 0.2) is 78.0 Å². The SMILES string of the molecule is Cn1ccnc1C(NC(=O)COC(=O)C1CCCCN1S(=O)(=O)c1ccccc1)c1ccccc1. The van der Waals surface area contributed by atoms with E-state index in [1.165, 1.54) is 16.4 Å². The summed E-state index contributed by atoms with van der Waals surface area (Å²) in [6, 6.07) is 15.9. The topological polar surface area (TPSA) is 111 Å². The zero-order valence-electron chi connectivity index (χ0n) is 19.4. The van der Waals surface area contributed by atoms with Gasteiger partial charge in [0.2, 0.25) is 10.0 Å². The highest BCUT2D eigenvalue weighted by Crippen LogP contribution is 2.26. The Kier molecular flexibility index (Phi) is 7.62. The number of carbonyl (C=O) groups is 2. The van der Waals surface area contributed by atoms with Crippen molar-refractivity contribution in [2.45, 2.75) is 36.2 Å². The summed E-state index contributed by atoms with van der Waals surface area (Å²) in [5, 5.41) is 2.87. The number of amides is 1. The monoisotopic (exact) mass is 496 g/mol. The van der Waals surface area contributed by atoms with E-state index in [0.29, 0.717) is 25.1 Å². The number of nitrogens with zero attached hydrogens (tertiary/aromatic N) is 3. The van der Waals surface area contributed by atoms with Gasteiger partial charge in [-0.05, 0) is 37.0 Å². The van der Waals surface area contributed by atoms with Crippen LogP contribution < -0.4 is 5.32 Å². The Balaban J connectivity index is 1.44. The van der Waals surface area contributed by atoms with Crippen molar-refractivity contribution in [1.82, 2.24) is 19.2 Å². The number of sulfonamides is 1. The molecule has 0 aliphatic carbocycles. The molecule has 1 aliphatic rings. The molecule has 0 bridgehead atoms. The minimum Gasteiger partial charge on any atom is -0.454 e. The molecule has 2 unspecified atom stereocenters. The molecule has 2 heterocycles. The maximum atomic E-state index is 13.1. The van der Waals surface area contributed by atoms with Gasteiger partial charge in [-0.3, -0.25) is 9.59 Å². The zero-order valence-corrected chi connectivity index (χ0v) is 20.2. The van der Waals surface area contributed by atoms with E-state index in [-0.39, 0.29) is 11.4 Å². The van der Waals surface area contributed by atoms with Crippen molar-refractivity contribution in [1.29, 1.82) is 0 Å². The van der Waals surface area contributed by atoms with Gasteiger partial charge in [-0.2, -0.15) is 4.31 Å². The number of esters is 1. The van der Waals surface area contributed by atoms with Crippen LogP contribution in [-0.4, -0.2) is 53.3 Å². The summed E-state index contributed by atoms with van der Waals surface area (Å²) >= 11 is 0. The normalized spacial score (nSPS) is 17.5. The highest BCUT2D eigenvalue weighted by molar-refractivity contribution is 7.89. The van der Waals surface area contributed by atoms with E-state index in [0.717, 1.165) is 5.56 Å². The summed E-state index contributed by atoms with van der Waals surface area (Å²) in [5.74, 6) is -0.612. The Morgan fingerprint density at radius 3 is 2.43 bits per heavy atom. The average Bonchev–Trinajstić information content (AvgIpc) is 3.32. The molecule has 0 saturated carbocycles. The second-order valence-corrected chi connectivity index (χ2v) is 10.2. The number of benzene rings is 2. The smallest absolute Gasteiger partial charge is 0.324 e. The number of hydrogen-bond donors (Lipinski definition) is 1. The summed E-state index contributed by atoms with van der Waals surface area (Å²) in [5.41, 5.74) is 0.828. The van der Waals surface area contributed by atoms with E-state index in [4.69, 9.17) is 4.74 Å². The molecule has 0 spiro atoms. The van der Waals surface area contributed by atoms with Gasteiger partial charge >= 0.3 is 5.97 Å². The van der Waals surface area contributed by atoms with Gasteiger partial charge in [0, 0.05) is 26.0 Å². The lowest BCUT2D eigenvalue weighted by atomic mass is 10.1. The number of nitrogens with one attached hydrogen (secondary N) is 1. The number of hydrogen-bond acceptors (Lipinski definition) is 6. The molecule has 2 aromatic carbocycles. The summed E-state index contributed by atoms with van der Waals surface area (Å²) in [6.45, 7) is -0.305. The fourth-order valence-corrected chi connectivity index (χ4v) is 5.86. The Labute approximate surface area is 204 Å². The van der Waals surface area contributed by atoms with Gasteiger partial charge in [0.05, 0.1) is 4.90 Å². The number of aryl methyl sites for hydroxylation is 1. The number of carbonyl (C=O) groups excluding carboxylic acids is 2. The van der Waals surface area contributed by atoms with Crippen LogP contribution in [0.3, 0.4) is 0 Å². The fourth-order valence-electron chi connectivity index (χ4n) is 4.19. The van der Waals surface area contributed by atoms with Gasteiger partial charge in [0.15, 0.2) is 6.61 Å². The van der Waals surface area contributed by atoms with Crippen LogP contribution >= 0.6 is 0 Å². The molecule has 1 N–H and O–H groups in total. The Morgan fingerprint density at radius 2 is 1.77 bits per heavy atom. The van der Waals surface area contributed by atoms with Gasteiger partial charge in [-0.15, -0.1) is 0 Å². The highest BCUT2D eigenvalue weighted by Gasteiger charge is 2.38. The predicted octanol–water partition coefficient (Wildman–Crippen LogP) is 2.41. The van der Waals surface area contributed by atoms with Gasteiger partial charge in [-0.25, -0.2) is 13.4 Å². The lowest BCUT2D eigenvalue weighted by molar-refractivity contribution is -0.153. The minimum absolute atomic E-state index is 0.123. The van der Waals surface area contributed by atoms with Crippen molar-refractivity contribution in [3.63, 3.8) is 0 Å². The summed E-state index contributed by atoms with van der Waals surface area (Å²) < 4.78 is 34.6. The van der Waals surface area contributed by atoms with Gasteiger partial charge in [-0.1, -0.05) is 48.5 Å². The molecule has 2 atom stereocenters. The minimum atomic E-state index is -3.86. The molecule has 4 rings (SSSR count). The molecule has 184 valence electrons. The molecule has 1 aliphatic heterocycles. The molecular formula is C25H28N4O5S. The van der Waals surface area contributed by atoms with Crippen LogP contribution in [0, 0.1) is 0 Å². The van der Waals surface area contributed by atoms with Crippen LogP contribution in [-0.2, 0) is 31.4 Å². The van der Waals surface area contributed by atoms with Crippen molar-refractivity contribution in [2.24, 2.45) is 7.05 Å². The first-order valence-corrected chi connectivity index (χ1v) is 12.9. The number of rotatable bonds is 8. The zero-order chi connectivity index (χ0) is 24.8. The molecule has 10 heteroatoms. The van der Waals surface area contributed by atoms with Crippen molar-refractivity contribution in [2.75, 3.05) is 13.2 Å². The molecule has 3 aromatic rings. The van der Waals surface area contributed by atoms with E-state index >= 15 is 0 Å². The number of piperidine rings is 1.